The molecule has 2 aromatic rings. The van der Waals surface area contributed by atoms with Gasteiger partial charge in [0.1, 0.15) is 5.75 Å². The zero-order valence-corrected chi connectivity index (χ0v) is 21.8. The first kappa shape index (κ1) is 26.6. The highest BCUT2D eigenvalue weighted by atomic mass is 127. The first-order valence-corrected chi connectivity index (χ1v) is 10.7. The maximum atomic E-state index is 11.7. The maximum Gasteiger partial charge on any atom is 0.231 e. The van der Waals surface area contributed by atoms with E-state index in [0.29, 0.717) is 12.5 Å². The van der Waals surface area contributed by atoms with Crippen molar-refractivity contribution in [3.8, 4) is 17.2 Å². The Morgan fingerprint density at radius 3 is 2.52 bits per heavy atom. The summed E-state index contributed by atoms with van der Waals surface area (Å²) in [5.74, 6) is 2.51. The smallest absolute Gasteiger partial charge is 0.231 e. The zero-order valence-electron chi connectivity index (χ0n) is 19.5. The summed E-state index contributed by atoms with van der Waals surface area (Å²) in [6, 6.07) is 13.6. The number of nitrogens with zero attached hydrogens (tertiary/aromatic N) is 1. The van der Waals surface area contributed by atoms with Gasteiger partial charge in [-0.15, -0.1) is 24.0 Å². The van der Waals surface area contributed by atoms with Gasteiger partial charge in [0.15, 0.2) is 17.5 Å². The molecule has 0 spiro atoms. The van der Waals surface area contributed by atoms with Crippen molar-refractivity contribution in [3.63, 3.8) is 0 Å². The molecule has 0 aromatic heterocycles. The van der Waals surface area contributed by atoms with Gasteiger partial charge in [0, 0.05) is 12.2 Å². The number of fused-ring (bicyclic) bond motifs is 1. The summed E-state index contributed by atoms with van der Waals surface area (Å²) in [5, 5.41) is 6.61. The van der Waals surface area contributed by atoms with Crippen LogP contribution in [0.2, 0.25) is 0 Å². The molecule has 0 aliphatic carbocycles. The van der Waals surface area contributed by atoms with Crippen LogP contribution < -0.4 is 30.6 Å². The molecule has 0 radical (unpaired) electrons. The van der Waals surface area contributed by atoms with E-state index in [9.17, 15) is 4.79 Å². The van der Waals surface area contributed by atoms with Crippen LogP contribution in [-0.4, -0.2) is 37.9 Å². The fraction of sp³-hybridized carbons (Fsp3) is 0.417. The van der Waals surface area contributed by atoms with Crippen molar-refractivity contribution in [2.75, 3.05) is 25.2 Å². The van der Waals surface area contributed by atoms with Crippen molar-refractivity contribution in [3.05, 3.63) is 48.0 Å². The van der Waals surface area contributed by atoms with E-state index in [1.165, 1.54) is 0 Å². The molecule has 8 nitrogen and oxygen atoms in total. The Morgan fingerprint density at radius 1 is 1.15 bits per heavy atom. The third-order valence-electron chi connectivity index (χ3n) is 4.93. The van der Waals surface area contributed by atoms with E-state index in [-0.39, 0.29) is 43.4 Å². The van der Waals surface area contributed by atoms with Gasteiger partial charge < -0.3 is 30.6 Å². The Balaban J connectivity index is 0.00000385. The van der Waals surface area contributed by atoms with Gasteiger partial charge in [-0.05, 0) is 76.1 Å². The van der Waals surface area contributed by atoms with Crippen LogP contribution >= 0.6 is 24.0 Å². The van der Waals surface area contributed by atoms with E-state index in [1.807, 2.05) is 56.3 Å². The summed E-state index contributed by atoms with van der Waals surface area (Å²) in [6.45, 7) is 8.69. The van der Waals surface area contributed by atoms with E-state index in [4.69, 9.17) is 19.9 Å². The molecule has 33 heavy (non-hydrogen) atoms. The van der Waals surface area contributed by atoms with Crippen molar-refractivity contribution in [1.29, 1.82) is 0 Å². The Labute approximate surface area is 212 Å². The van der Waals surface area contributed by atoms with E-state index >= 15 is 0 Å². The first-order chi connectivity index (χ1) is 15.2. The van der Waals surface area contributed by atoms with E-state index in [0.717, 1.165) is 34.9 Å². The largest absolute Gasteiger partial charge is 0.491 e. The molecule has 1 aliphatic rings. The van der Waals surface area contributed by atoms with Crippen LogP contribution in [0.4, 0.5) is 5.69 Å². The second-order valence-corrected chi connectivity index (χ2v) is 8.59. The van der Waals surface area contributed by atoms with Crippen LogP contribution in [0.3, 0.4) is 0 Å². The highest BCUT2D eigenvalue weighted by Crippen LogP contribution is 2.32. The fourth-order valence-corrected chi connectivity index (χ4v) is 2.94. The van der Waals surface area contributed by atoms with E-state index < -0.39 is 11.3 Å². The van der Waals surface area contributed by atoms with Gasteiger partial charge in [0.25, 0.3) is 0 Å². The van der Waals surface area contributed by atoms with Crippen molar-refractivity contribution in [2.24, 2.45) is 16.1 Å². The number of benzene rings is 2. The molecule has 2 aromatic carbocycles. The van der Waals surface area contributed by atoms with Crippen molar-refractivity contribution < 1.29 is 19.0 Å². The Hall–Kier alpha value is -2.69. The van der Waals surface area contributed by atoms with Crippen LogP contribution in [-0.2, 0) is 11.2 Å². The lowest BCUT2D eigenvalue weighted by molar-refractivity contribution is -0.125. The number of carbonyl (C=O) groups excluding carboxylic acids is 1. The number of primary amides is 1. The minimum absolute atomic E-state index is 0. The number of carbonyl (C=O) groups is 1. The van der Waals surface area contributed by atoms with Crippen LogP contribution in [0.5, 0.6) is 17.2 Å². The van der Waals surface area contributed by atoms with Crippen molar-refractivity contribution in [1.82, 2.24) is 5.32 Å². The summed E-state index contributed by atoms with van der Waals surface area (Å²) in [6.07, 6.45) is 0.873. The molecule has 180 valence electrons. The molecule has 0 saturated carbocycles. The Morgan fingerprint density at radius 2 is 1.85 bits per heavy atom. The molecule has 1 heterocycles. The van der Waals surface area contributed by atoms with Gasteiger partial charge in [-0.25, -0.2) is 0 Å². The fourth-order valence-electron chi connectivity index (χ4n) is 2.94. The number of rotatable bonds is 9. The summed E-state index contributed by atoms with van der Waals surface area (Å²) >= 11 is 0. The highest BCUT2D eigenvalue weighted by Gasteiger charge is 2.24. The standard InChI is InChI=1S/C24H32N4O4.HI/c1-16(2)32-19-8-6-18(7-9-19)28-23(27-14-24(3,4)22(25)29)26-12-11-17-5-10-20-21(13-17)31-15-30-20;/h5-10,13,16H,11-12,14-15H2,1-4H3,(H2,25,29)(H2,26,27,28);1H. The van der Waals surface area contributed by atoms with Gasteiger partial charge >= 0.3 is 0 Å². The van der Waals surface area contributed by atoms with Gasteiger partial charge in [-0.1, -0.05) is 6.07 Å². The Bertz CT molecular complexity index is 961. The average Bonchev–Trinajstić information content (AvgIpc) is 3.20. The summed E-state index contributed by atoms with van der Waals surface area (Å²) in [4.78, 5) is 16.3. The molecule has 0 unspecified atom stereocenters. The number of nitrogens with two attached hydrogens (primary N) is 1. The number of anilines is 1. The van der Waals surface area contributed by atoms with Crippen LogP contribution in [0.25, 0.3) is 0 Å². The molecule has 1 amide bonds. The van der Waals surface area contributed by atoms with Crippen molar-refractivity contribution in [2.45, 2.75) is 40.2 Å². The topological polar surface area (TPSA) is 107 Å². The normalized spacial score (nSPS) is 12.8. The first-order valence-electron chi connectivity index (χ1n) is 10.7. The quantitative estimate of drug-likeness (QED) is 0.241. The number of amides is 1. The van der Waals surface area contributed by atoms with Crippen LogP contribution in [0, 0.1) is 5.41 Å². The van der Waals surface area contributed by atoms with Crippen LogP contribution in [0.15, 0.2) is 47.5 Å². The highest BCUT2D eigenvalue weighted by molar-refractivity contribution is 14.0. The van der Waals surface area contributed by atoms with Gasteiger partial charge in [0.2, 0.25) is 12.7 Å². The second kappa shape index (κ2) is 12.0. The monoisotopic (exact) mass is 568 g/mol. The lowest BCUT2D eigenvalue weighted by atomic mass is 9.93. The number of aliphatic imine (C=N–C) groups is 1. The number of ether oxygens (including phenoxy) is 3. The summed E-state index contributed by atoms with van der Waals surface area (Å²) < 4.78 is 16.5. The predicted molar refractivity (Wildman–Crippen MR) is 141 cm³/mol. The minimum atomic E-state index is -0.749. The summed E-state index contributed by atoms with van der Waals surface area (Å²) in [5.41, 5.74) is 6.73. The maximum absolute atomic E-state index is 11.7. The third kappa shape index (κ3) is 7.99. The number of nitrogens with one attached hydrogen (secondary N) is 2. The molecule has 9 heteroatoms. The average molecular weight is 568 g/mol. The van der Waals surface area contributed by atoms with Crippen LogP contribution in [0.1, 0.15) is 33.3 Å². The SMILES string of the molecule is CC(C)Oc1ccc(NC(=NCC(C)(C)C(N)=O)NCCc2ccc3c(c2)OCO3)cc1.I. The van der Waals surface area contributed by atoms with E-state index in [1.54, 1.807) is 13.8 Å². The molecule has 0 atom stereocenters. The van der Waals surface area contributed by atoms with Gasteiger partial charge in [0.05, 0.1) is 18.1 Å². The number of hydrogen-bond donors (Lipinski definition) is 3. The minimum Gasteiger partial charge on any atom is -0.491 e. The zero-order chi connectivity index (χ0) is 23.1. The predicted octanol–water partition coefficient (Wildman–Crippen LogP) is 3.93. The lowest BCUT2D eigenvalue weighted by Gasteiger charge is -2.19. The molecular formula is C24H33IN4O4. The second-order valence-electron chi connectivity index (χ2n) is 8.59. The molecular weight excluding hydrogens is 535 g/mol. The van der Waals surface area contributed by atoms with Gasteiger partial charge in [-0.2, -0.15) is 0 Å². The van der Waals surface area contributed by atoms with Crippen molar-refractivity contribution >= 4 is 41.5 Å². The molecule has 0 saturated heterocycles. The molecule has 0 fully saturated rings. The number of halogens is 1. The lowest BCUT2D eigenvalue weighted by Crippen LogP contribution is -2.37. The molecule has 0 bridgehead atoms. The third-order valence-corrected chi connectivity index (χ3v) is 4.93. The van der Waals surface area contributed by atoms with E-state index in [2.05, 4.69) is 15.6 Å². The summed E-state index contributed by atoms with van der Waals surface area (Å²) in [7, 11) is 0. The molecule has 4 N–H and O–H groups in total. The van der Waals surface area contributed by atoms with Gasteiger partial charge in [-0.3, -0.25) is 9.79 Å². The molecule has 3 rings (SSSR count). The number of guanidine groups is 1. The number of hydrogen-bond acceptors (Lipinski definition) is 5. The molecule has 1 aliphatic heterocycles. The Kier molecular flexibility index (Phi) is 9.63.